The molecule has 0 amide bonds. The van der Waals surface area contributed by atoms with Gasteiger partial charge in [0.2, 0.25) is 0 Å². The number of methoxy groups -OCH3 is 1. The minimum Gasteiger partial charge on any atom is -0.496 e. The molecule has 1 saturated carbocycles. The first-order valence-electron chi connectivity index (χ1n) is 5.93. The Morgan fingerprint density at radius 1 is 1.61 bits per heavy atom. The highest BCUT2D eigenvalue weighted by atomic mass is 16.6. The predicted octanol–water partition coefficient (Wildman–Crippen LogP) is 1.75. The number of nitrogens with zero attached hydrogens (tertiary/aromatic N) is 1. The van der Waals surface area contributed by atoms with Gasteiger partial charge in [0.25, 0.3) is 5.69 Å². The molecule has 6 nitrogen and oxygen atoms in total. The third-order valence-corrected chi connectivity index (χ3v) is 3.16. The molecule has 3 N–H and O–H groups in total. The molecule has 0 radical (unpaired) electrons. The topological polar surface area (TPSA) is 90.4 Å². The molecule has 1 aromatic rings. The van der Waals surface area contributed by atoms with Gasteiger partial charge in [-0.2, -0.15) is 0 Å². The van der Waals surface area contributed by atoms with E-state index in [0.29, 0.717) is 23.9 Å². The van der Waals surface area contributed by atoms with Crippen molar-refractivity contribution in [1.29, 1.82) is 0 Å². The number of rotatable bonds is 6. The Hall–Kier alpha value is -1.82. The molecule has 1 aliphatic rings. The molecule has 1 atom stereocenters. The zero-order valence-corrected chi connectivity index (χ0v) is 10.3. The Balaban J connectivity index is 2.08. The van der Waals surface area contributed by atoms with Crippen LogP contribution >= 0.6 is 0 Å². The van der Waals surface area contributed by atoms with Gasteiger partial charge in [-0.25, -0.2) is 0 Å². The summed E-state index contributed by atoms with van der Waals surface area (Å²) in [5.74, 6) is 1.04. The SMILES string of the molecule is COc1ccc(NCC(N)C2CC2)c([N+](=O)[O-])c1. The van der Waals surface area contributed by atoms with E-state index in [2.05, 4.69) is 5.32 Å². The quantitative estimate of drug-likeness (QED) is 0.593. The van der Waals surface area contributed by atoms with Crippen LogP contribution < -0.4 is 15.8 Å². The van der Waals surface area contributed by atoms with Crippen molar-refractivity contribution < 1.29 is 9.66 Å². The number of nitrogens with two attached hydrogens (primary N) is 1. The first-order chi connectivity index (χ1) is 8.61. The standard InChI is InChI=1S/C12H17N3O3/c1-18-9-4-5-11(12(6-9)15(16)17)14-7-10(13)8-2-3-8/h4-6,8,10,14H,2-3,7,13H2,1H3. The van der Waals surface area contributed by atoms with Gasteiger partial charge < -0.3 is 15.8 Å². The van der Waals surface area contributed by atoms with E-state index in [1.54, 1.807) is 12.1 Å². The fraction of sp³-hybridized carbons (Fsp3) is 0.500. The third kappa shape index (κ3) is 2.89. The van der Waals surface area contributed by atoms with Gasteiger partial charge in [-0.3, -0.25) is 10.1 Å². The van der Waals surface area contributed by atoms with Gasteiger partial charge in [0.1, 0.15) is 11.4 Å². The lowest BCUT2D eigenvalue weighted by molar-refractivity contribution is -0.384. The van der Waals surface area contributed by atoms with Crippen molar-refractivity contribution in [3.63, 3.8) is 0 Å². The van der Waals surface area contributed by atoms with Gasteiger partial charge in [-0.1, -0.05) is 0 Å². The smallest absolute Gasteiger partial charge is 0.296 e. The zero-order valence-electron chi connectivity index (χ0n) is 10.3. The Kier molecular flexibility index (Phi) is 3.66. The normalized spacial score (nSPS) is 16.1. The molecule has 0 bridgehead atoms. The van der Waals surface area contributed by atoms with Crippen LogP contribution in [-0.2, 0) is 0 Å². The average molecular weight is 251 g/mol. The lowest BCUT2D eigenvalue weighted by Gasteiger charge is -2.13. The minimum atomic E-state index is -0.423. The highest BCUT2D eigenvalue weighted by Gasteiger charge is 2.28. The van der Waals surface area contributed by atoms with E-state index in [0.717, 1.165) is 12.8 Å². The number of nitrogens with one attached hydrogen (secondary N) is 1. The van der Waals surface area contributed by atoms with Crippen LogP contribution in [0, 0.1) is 16.0 Å². The van der Waals surface area contributed by atoms with E-state index in [4.69, 9.17) is 10.5 Å². The van der Waals surface area contributed by atoms with Crippen LogP contribution in [0.1, 0.15) is 12.8 Å². The second kappa shape index (κ2) is 5.22. The monoisotopic (exact) mass is 251 g/mol. The molecule has 1 unspecified atom stereocenters. The van der Waals surface area contributed by atoms with E-state index in [-0.39, 0.29) is 11.7 Å². The highest BCUT2D eigenvalue weighted by Crippen LogP contribution is 2.33. The van der Waals surface area contributed by atoms with E-state index >= 15 is 0 Å². The fourth-order valence-corrected chi connectivity index (χ4v) is 1.86. The Morgan fingerprint density at radius 2 is 2.33 bits per heavy atom. The van der Waals surface area contributed by atoms with Crippen LogP contribution in [0.5, 0.6) is 5.75 Å². The number of hydrogen-bond donors (Lipinski definition) is 2. The van der Waals surface area contributed by atoms with Crippen molar-refractivity contribution >= 4 is 11.4 Å². The molecule has 2 rings (SSSR count). The number of hydrogen-bond acceptors (Lipinski definition) is 5. The van der Waals surface area contributed by atoms with Crippen LogP contribution in [-0.4, -0.2) is 24.6 Å². The molecule has 18 heavy (non-hydrogen) atoms. The zero-order chi connectivity index (χ0) is 13.1. The van der Waals surface area contributed by atoms with Gasteiger partial charge in [0, 0.05) is 12.6 Å². The van der Waals surface area contributed by atoms with Crippen LogP contribution in [0.4, 0.5) is 11.4 Å². The highest BCUT2D eigenvalue weighted by molar-refractivity contribution is 5.63. The Labute approximate surface area is 105 Å². The van der Waals surface area contributed by atoms with Crippen molar-refractivity contribution in [2.24, 2.45) is 11.7 Å². The van der Waals surface area contributed by atoms with Crippen molar-refractivity contribution in [3.05, 3.63) is 28.3 Å². The van der Waals surface area contributed by atoms with Crippen LogP contribution in [0.2, 0.25) is 0 Å². The van der Waals surface area contributed by atoms with Crippen molar-refractivity contribution in [3.8, 4) is 5.75 Å². The molecule has 0 saturated heterocycles. The van der Waals surface area contributed by atoms with Crippen LogP contribution in [0.25, 0.3) is 0 Å². The number of benzene rings is 1. The minimum absolute atomic E-state index is 0.0114. The summed E-state index contributed by atoms with van der Waals surface area (Å²) in [5.41, 5.74) is 6.45. The number of nitro benzene ring substituents is 1. The van der Waals surface area contributed by atoms with E-state index < -0.39 is 4.92 Å². The van der Waals surface area contributed by atoms with Crippen molar-refractivity contribution in [1.82, 2.24) is 0 Å². The molecule has 0 heterocycles. The summed E-state index contributed by atoms with van der Waals surface area (Å²) in [7, 11) is 1.48. The molecule has 1 fully saturated rings. The van der Waals surface area contributed by atoms with Gasteiger partial charge in [-0.15, -0.1) is 0 Å². The molecule has 0 aliphatic heterocycles. The lowest BCUT2D eigenvalue weighted by Crippen LogP contribution is -2.31. The largest absolute Gasteiger partial charge is 0.496 e. The van der Waals surface area contributed by atoms with E-state index in [1.165, 1.54) is 13.2 Å². The van der Waals surface area contributed by atoms with Crippen LogP contribution in [0.15, 0.2) is 18.2 Å². The van der Waals surface area contributed by atoms with Gasteiger partial charge >= 0.3 is 0 Å². The lowest BCUT2D eigenvalue weighted by atomic mass is 10.2. The summed E-state index contributed by atoms with van der Waals surface area (Å²) >= 11 is 0. The maximum Gasteiger partial charge on any atom is 0.296 e. The maximum atomic E-state index is 11.0. The summed E-state index contributed by atoms with van der Waals surface area (Å²) in [6.07, 6.45) is 2.32. The number of anilines is 1. The molecule has 1 aliphatic carbocycles. The summed E-state index contributed by atoms with van der Waals surface area (Å²) < 4.78 is 4.98. The molecular weight excluding hydrogens is 234 g/mol. The fourth-order valence-electron chi connectivity index (χ4n) is 1.86. The summed E-state index contributed by atoms with van der Waals surface area (Å²) in [4.78, 5) is 10.5. The second-order valence-electron chi connectivity index (χ2n) is 4.52. The second-order valence-corrected chi connectivity index (χ2v) is 4.52. The molecule has 1 aromatic carbocycles. The Morgan fingerprint density at radius 3 is 2.89 bits per heavy atom. The van der Waals surface area contributed by atoms with Gasteiger partial charge in [0.05, 0.1) is 18.1 Å². The molecule has 98 valence electrons. The van der Waals surface area contributed by atoms with Crippen molar-refractivity contribution in [2.75, 3.05) is 19.0 Å². The number of nitro groups is 1. The number of ether oxygens (including phenoxy) is 1. The summed E-state index contributed by atoms with van der Waals surface area (Å²) in [6.45, 7) is 0.553. The van der Waals surface area contributed by atoms with Crippen LogP contribution in [0.3, 0.4) is 0 Å². The summed E-state index contributed by atoms with van der Waals surface area (Å²) in [5, 5.41) is 14.0. The van der Waals surface area contributed by atoms with E-state index in [1.807, 2.05) is 0 Å². The molecular formula is C12H17N3O3. The molecule has 6 heteroatoms. The van der Waals surface area contributed by atoms with E-state index in [9.17, 15) is 10.1 Å². The van der Waals surface area contributed by atoms with Gasteiger partial charge in [0.15, 0.2) is 0 Å². The molecule has 0 spiro atoms. The molecule has 0 aromatic heterocycles. The predicted molar refractivity (Wildman–Crippen MR) is 68.8 cm³/mol. The first kappa shape index (κ1) is 12.6. The average Bonchev–Trinajstić information content (AvgIpc) is 3.19. The van der Waals surface area contributed by atoms with Crippen molar-refractivity contribution in [2.45, 2.75) is 18.9 Å². The Bertz CT molecular complexity index is 446. The maximum absolute atomic E-state index is 11.0. The summed E-state index contributed by atoms with van der Waals surface area (Å²) in [6, 6.07) is 4.81. The van der Waals surface area contributed by atoms with Gasteiger partial charge in [-0.05, 0) is 30.9 Å². The third-order valence-electron chi connectivity index (χ3n) is 3.16. The first-order valence-corrected chi connectivity index (χ1v) is 5.93.